The van der Waals surface area contributed by atoms with Crippen LogP contribution >= 0.6 is 11.3 Å². The van der Waals surface area contributed by atoms with Crippen LogP contribution in [0.2, 0.25) is 0 Å². The first-order valence-electron chi connectivity index (χ1n) is 7.64. The molecule has 0 radical (unpaired) electrons. The van der Waals surface area contributed by atoms with Crippen LogP contribution in [0, 0.1) is 6.92 Å². The van der Waals surface area contributed by atoms with Gasteiger partial charge < -0.3 is 10.6 Å². The lowest BCUT2D eigenvalue weighted by Crippen LogP contribution is -2.13. The molecule has 24 heavy (non-hydrogen) atoms. The predicted molar refractivity (Wildman–Crippen MR) is 97.7 cm³/mol. The summed E-state index contributed by atoms with van der Waals surface area (Å²) in [5.41, 5.74) is 2.99. The van der Waals surface area contributed by atoms with Crippen LogP contribution in [0.4, 0.5) is 10.8 Å². The number of carbonyl (C=O) groups excluding carboxylic acids is 2. The highest BCUT2D eigenvalue weighted by atomic mass is 32.1. The third-order valence-corrected chi connectivity index (χ3v) is 4.55. The Morgan fingerprint density at radius 2 is 1.92 bits per heavy atom. The predicted octanol–water partition coefficient (Wildman–Crippen LogP) is 4.21. The van der Waals surface area contributed by atoms with E-state index < -0.39 is 0 Å². The van der Waals surface area contributed by atoms with E-state index >= 15 is 0 Å². The maximum absolute atomic E-state index is 12.4. The van der Waals surface area contributed by atoms with Gasteiger partial charge in [-0.1, -0.05) is 36.5 Å². The molecule has 0 aliphatic rings. The third-order valence-electron chi connectivity index (χ3n) is 3.60. The van der Waals surface area contributed by atoms with Crippen molar-refractivity contribution in [2.75, 3.05) is 10.6 Å². The second-order valence-corrected chi connectivity index (χ2v) is 6.40. The SMILES string of the molecule is CCC(=O)Nc1nc2cc(NC(=O)c3ccccc3C)ccc2s1. The zero-order chi connectivity index (χ0) is 17.1. The van der Waals surface area contributed by atoms with Crippen molar-refractivity contribution in [2.45, 2.75) is 20.3 Å². The van der Waals surface area contributed by atoms with Crippen molar-refractivity contribution < 1.29 is 9.59 Å². The van der Waals surface area contributed by atoms with E-state index in [0.29, 0.717) is 22.8 Å². The Balaban J connectivity index is 1.82. The summed E-state index contributed by atoms with van der Waals surface area (Å²) < 4.78 is 0.954. The lowest BCUT2D eigenvalue weighted by molar-refractivity contribution is -0.115. The van der Waals surface area contributed by atoms with E-state index in [-0.39, 0.29) is 11.8 Å². The lowest BCUT2D eigenvalue weighted by atomic mass is 10.1. The van der Waals surface area contributed by atoms with Crippen molar-refractivity contribution >= 4 is 44.2 Å². The van der Waals surface area contributed by atoms with E-state index in [9.17, 15) is 9.59 Å². The van der Waals surface area contributed by atoms with Crippen molar-refractivity contribution in [3.05, 3.63) is 53.6 Å². The summed E-state index contributed by atoms with van der Waals surface area (Å²) in [7, 11) is 0. The minimum atomic E-state index is -0.151. The quantitative estimate of drug-likeness (QED) is 0.748. The Morgan fingerprint density at radius 3 is 2.67 bits per heavy atom. The van der Waals surface area contributed by atoms with Crippen molar-refractivity contribution in [3.63, 3.8) is 0 Å². The van der Waals surface area contributed by atoms with Crippen LogP contribution < -0.4 is 10.6 Å². The Kier molecular flexibility index (Phi) is 4.57. The van der Waals surface area contributed by atoms with Gasteiger partial charge in [0.2, 0.25) is 5.91 Å². The van der Waals surface area contributed by atoms with Gasteiger partial charge in [-0.05, 0) is 36.8 Å². The number of amides is 2. The van der Waals surface area contributed by atoms with Gasteiger partial charge in [0, 0.05) is 17.7 Å². The second-order valence-electron chi connectivity index (χ2n) is 5.37. The lowest BCUT2D eigenvalue weighted by Gasteiger charge is -2.07. The summed E-state index contributed by atoms with van der Waals surface area (Å²) in [6.45, 7) is 3.70. The molecule has 0 unspecified atom stereocenters. The fourth-order valence-electron chi connectivity index (χ4n) is 2.29. The number of hydrogen-bond donors (Lipinski definition) is 2. The number of benzene rings is 2. The van der Waals surface area contributed by atoms with Crippen LogP contribution in [0.3, 0.4) is 0 Å². The molecule has 0 bridgehead atoms. The monoisotopic (exact) mass is 339 g/mol. The fourth-order valence-corrected chi connectivity index (χ4v) is 3.15. The van der Waals surface area contributed by atoms with Crippen LogP contribution in [-0.4, -0.2) is 16.8 Å². The van der Waals surface area contributed by atoms with Gasteiger partial charge in [-0.2, -0.15) is 0 Å². The van der Waals surface area contributed by atoms with E-state index in [4.69, 9.17) is 0 Å². The number of thiazole rings is 1. The number of aryl methyl sites for hydroxylation is 1. The van der Waals surface area contributed by atoms with E-state index in [1.165, 1.54) is 11.3 Å². The molecule has 0 spiro atoms. The van der Waals surface area contributed by atoms with Gasteiger partial charge in [-0.25, -0.2) is 4.98 Å². The maximum Gasteiger partial charge on any atom is 0.255 e. The van der Waals surface area contributed by atoms with Gasteiger partial charge in [-0.3, -0.25) is 9.59 Å². The largest absolute Gasteiger partial charge is 0.322 e. The summed E-state index contributed by atoms with van der Waals surface area (Å²) in [5, 5.41) is 6.22. The fraction of sp³-hybridized carbons (Fsp3) is 0.167. The van der Waals surface area contributed by atoms with Crippen molar-refractivity contribution in [2.24, 2.45) is 0 Å². The molecule has 0 atom stereocenters. The first-order valence-corrected chi connectivity index (χ1v) is 8.46. The zero-order valence-electron chi connectivity index (χ0n) is 13.4. The van der Waals surface area contributed by atoms with Crippen molar-refractivity contribution in [3.8, 4) is 0 Å². The van der Waals surface area contributed by atoms with Crippen molar-refractivity contribution in [1.29, 1.82) is 0 Å². The molecule has 3 aromatic rings. The second kappa shape index (κ2) is 6.80. The molecule has 3 rings (SSSR count). The highest BCUT2D eigenvalue weighted by Crippen LogP contribution is 2.28. The Bertz CT molecular complexity index is 918. The molecule has 0 aliphatic carbocycles. The van der Waals surface area contributed by atoms with E-state index in [1.807, 2.05) is 43.3 Å². The summed E-state index contributed by atoms with van der Waals surface area (Å²) in [4.78, 5) is 28.2. The smallest absolute Gasteiger partial charge is 0.255 e. The van der Waals surface area contributed by atoms with Gasteiger partial charge >= 0.3 is 0 Å². The number of rotatable bonds is 4. The molecular formula is C18H17N3O2S. The molecular weight excluding hydrogens is 322 g/mol. The van der Waals surface area contributed by atoms with E-state index in [1.54, 1.807) is 13.0 Å². The summed E-state index contributed by atoms with van der Waals surface area (Å²) in [6, 6.07) is 13.0. The molecule has 2 N–H and O–H groups in total. The topological polar surface area (TPSA) is 71.1 Å². The Labute approximate surface area is 143 Å². The molecule has 0 aliphatic heterocycles. The average Bonchev–Trinajstić information content (AvgIpc) is 2.96. The Hall–Kier alpha value is -2.73. The molecule has 0 saturated heterocycles. The minimum absolute atomic E-state index is 0.0675. The summed E-state index contributed by atoms with van der Waals surface area (Å²) >= 11 is 1.41. The Morgan fingerprint density at radius 1 is 1.12 bits per heavy atom. The van der Waals surface area contributed by atoms with Crippen LogP contribution in [0.5, 0.6) is 0 Å². The number of hydrogen-bond acceptors (Lipinski definition) is 4. The normalized spacial score (nSPS) is 10.6. The molecule has 5 nitrogen and oxygen atoms in total. The minimum Gasteiger partial charge on any atom is -0.322 e. The van der Waals surface area contributed by atoms with Gasteiger partial charge in [0.1, 0.15) is 0 Å². The number of fused-ring (bicyclic) bond motifs is 1. The number of anilines is 2. The van der Waals surface area contributed by atoms with E-state index in [2.05, 4.69) is 15.6 Å². The highest BCUT2D eigenvalue weighted by molar-refractivity contribution is 7.22. The van der Waals surface area contributed by atoms with Gasteiger partial charge in [0.05, 0.1) is 10.2 Å². The standard InChI is InChI=1S/C18H17N3O2S/c1-3-16(22)21-18-20-14-10-12(8-9-15(14)24-18)19-17(23)13-7-5-4-6-11(13)2/h4-10H,3H2,1-2H3,(H,19,23)(H,20,21,22). The first kappa shape index (κ1) is 16.1. The van der Waals surface area contributed by atoms with Crippen LogP contribution in [-0.2, 0) is 4.79 Å². The molecule has 122 valence electrons. The van der Waals surface area contributed by atoms with Crippen molar-refractivity contribution in [1.82, 2.24) is 4.98 Å². The zero-order valence-corrected chi connectivity index (χ0v) is 14.2. The number of carbonyl (C=O) groups is 2. The maximum atomic E-state index is 12.4. The molecule has 2 amide bonds. The first-order chi connectivity index (χ1) is 11.6. The molecule has 1 heterocycles. The van der Waals surface area contributed by atoms with Crippen LogP contribution in [0.1, 0.15) is 29.3 Å². The van der Waals surface area contributed by atoms with Crippen LogP contribution in [0.25, 0.3) is 10.2 Å². The average molecular weight is 339 g/mol. The molecule has 2 aromatic carbocycles. The number of nitrogens with one attached hydrogen (secondary N) is 2. The highest BCUT2D eigenvalue weighted by Gasteiger charge is 2.11. The number of aromatic nitrogens is 1. The summed E-state index contributed by atoms with van der Waals surface area (Å²) in [6.07, 6.45) is 0.410. The van der Waals surface area contributed by atoms with E-state index in [0.717, 1.165) is 15.8 Å². The van der Waals surface area contributed by atoms with Gasteiger partial charge in [-0.15, -0.1) is 0 Å². The molecule has 0 fully saturated rings. The van der Waals surface area contributed by atoms with Gasteiger partial charge in [0.15, 0.2) is 5.13 Å². The van der Waals surface area contributed by atoms with Crippen LogP contribution in [0.15, 0.2) is 42.5 Å². The molecule has 0 saturated carbocycles. The summed E-state index contributed by atoms with van der Waals surface area (Å²) in [5.74, 6) is -0.218. The molecule has 1 aromatic heterocycles. The molecule has 6 heteroatoms. The third kappa shape index (κ3) is 3.44. The van der Waals surface area contributed by atoms with Gasteiger partial charge in [0.25, 0.3) is 5.91 Å². The number of nitrogens with zero attached hydrogens (tertiary/aromatic N) is 1.